The standard InChI is InChI=1S/C25H28ClN7O3/c1-4-19(16-6-5-7-17(26)14-16)30-25(36)33-22(24(35)31(2)21-9-11-29-32(21)3)18(23(33)34)12-15-8-10-28-20(27)13-15/h5-11,13-14,18-19,22H,4,12H2,1-3H3,(H2,27,28)(H,30,36)/t18-,19?,22+/m1/s1. The van der Waals surface area contributed by atoms with E-state index in [-0.39, 0.29) is 12.5 Å². The number of urea groups is 1. The summed E-state index contributed by atoms with van der Waals surface area (Å²) < 4.78 is 1.55. The van der Waals surface area contributed by atoms with Crippen LogP contribution in [-0.2, 0) is 23.1 Å². The van der Waals surface area contributed by atoms with Crippen LogP contribution in [0, 0.1) is 5.92 Å². The van der Waals surface area contributed by atoms with Crippen molar-refractivity contribution in [2.75, 3.05) is 17.7 Å². The van der Waals surface area contributed by atoms with Crippen LogP contribution in [0.15, 0.2) is 54.9 Å². The summed E-state index contributed by atoms with van der Waals surface area (Å²) in [6.07, 6.45) is 3.94. The number of nitrogen functional groups attached to an aromatic ring is 1. The summed E-state index contributed by atoms with van der Waals surface area (Å²) in [7, 11) is 3.31. The maximum absolute atomic E-state index is 13.6. The molecule has 36 heavy (non-hydrogen) atoms. The minimum atomic E-state index is -0.997. The van der Waals surface area contributed by atoms with Crippen molar-refractivity contribution in [2.45, 2.75) is 31.8 Å². The van der Waals surface area contributed by atoms with Crippen molar-refractivity contribution in [3.05, 3.63) is 71.0 Å². The Morgan fingerprint density at radius 3 is 2.64 bits per heavy atom. The molecule has 0 aliphatic carbocycles. The molecule has 2 aromatic heterocycles. The molecule has 0 bridgehead atoms. The van der Waals surface area contributed by atoms with E-state index in [2.05, 4.69) is 15.4 Å². The van der Waals surface area contributed by atoms with E-state index in [9.17, 15) is 14.4 Å². The number of hydrogen-bond acceptors (Lipinski definition) is 6. The quantitative estimate of drug-likeness (QED) is 0.471. The Labute approximate surface area is 214 Å². The van der Waals surface area contributed by atoms with Gasteiger partial charge in [0.2, 0.25) is 5.91 Å². The number of likely N-dealkylation sites (tertiary alicyclic amines) is 1. The van der Waals surface area contributed by atoms with Crippen molar-refractivity contribution in [3.8, 4) is 0 Å². The first-order valence-electron chi connectivity index (χ1n) is 11.6. The molecule has 3 heterocycles. The summed E-state index contributed by atoms with van der Waals surface area (Å²) >= 11 is 6.13. The first-order chi connectivity index (χ1) is 17.2. The van der Waals surface area contributed by atoms with E-state index in [4.69, 9.17) is 17.3 Å². The van der Waals surface area contributed by atoms with E-state index in [1.165, 1.54) is 4.90 Å². The summed E-state index contributed by atoms with van der Waals surface area (Å²) in [5.41, 5.74) is 7.37. The topological polar surface area (TPSA) is 126 Å². The fourth-order valence-electron chi connectivity index (χ4n) is 4.50. The number of benzene rings is 1. The van der Waals surface area contributed by atoms with Gasteiger partial charge in [0.15, 0.2) is 0 Å². The van der Waals surface area contributed by atoms with E-state index in [0.29, 0.717) is 23.1 Å². The molecule has 3 atom stereocenters. The first-order valence-corrected chi connectivity index (χ1v) is 11.9. The van der Waals surface area contributed by atoms with Gasteiger partial charge >= 0.3 is 6.03 Å². The summed E-state index contributed by atoms with van der Waals surface area (Å²) in [5.74, 6) is -0.697. The Bertz CT molecular complexity index is 1290. The van der Waals surface area contributed by atoms with Gasteiger partial charge in [-0.1, -0.05) is 30.7 Å². The Morgan fingerprint density at radius 2 is 2.00 bits per heavy atom. The van der Waals surface area contributed by atoms with Crippen LogP contribution in [0.3, 0.4) is 0 Å². The molecule has 1 fully saturated rings. The van der Waals surface area contributed by atoms with Gasteiger partial charge in [-0.05, 0) is 48.2 Å². The number of nitrogens with zero attached hydrogens (tertiary/aromatic N) is 5. The van der Waals surface area contributed by atoms with E-state index in [1.807, 2.05) is 13.0 Å². The predicted molar refractivity (Wildman–Crippen MR) is 136 cm³/mol. The largest absolute Gasteiger partial charge is 0.384 e. The summed E-state index contributed by atoms with van der Waals surface area (Å²) in [6.45, 7) is 1.92. The number of halogens is 1. The fourth-order valence-corrected chi connectivity index (χ4v) is 4.70. The number of aromatic nitrogens is 3. The summed E-state index contributed by atoms with van der Waals surface area (Å²) in [6, 6.07) is 10.3. The smallest absolute Gasteiger partial charge is 0.325 e. The van der Waals surface area contributed by atoms with Crippen molar-refractivity contribution < 1.29 is 14.4 Å². The number of nitrogens with one attached hydrogen (secondary N) is 1. The maximum atomic E-state index is 13.6. The Kier molecular flexibility index (Phi) is 7.25. The van der Waals surface area contributed by atoms with Crippen molar-refractivity contribution in [1.82, 2.24) is 25.0 Å². The number of likely N-dealkylation sites (N-methyl/N-ethyl adjacent to an activating group) is 1. The number of amides is 4. The third-order valence-corrected chi connectivity index (χ3v) is 6.65. The zero-order valence-corrected chi connectivity index (χ0v) is 21.0. The highest BCUT2D eigenvalue weighted by molar-refractivity contribution is 6.30. The molecule has 1 aliphatic heterocycles. The van der Waals surface area contributed by atoms with Gasteiger partial charge in [-0.3, -0.25) is 24.1 Å². The van der Waals surface area contributed by atoms with Crippen LogP contribution in [0.2, 0.25) is 5.02 Å². The summed E-state index contributed by atoms with van der Waals surface area (Å²) in [4.78, 5) is 46.6. The molecular formula is C25H28ClN7O3. The monoisotopic (exact) mass is 509 g/mol. The lowest BCUT2D eigenvalue weighted by atomic mass is 9.81. The maximum Gasteiger partial charge on any atom is 0.325 e. The van der Waals surface area contributed by atoms with Crippen LogP contribution >= 0.6 is 11.6 Å². The van der Waals surface area contributed by atoms with E-state index in [0.717, 1.165) is 16.0 Å². The van der Waals surface area contributed by atoms with E-state index >= 15 is 0 Å². The second-order valence-corrected chi connectivity index (χ2v) is 9.16. The van der Waals surface area contributed by atoms with E-state index < -0.39 is 29.8 Å². The summed E-state index contributed by atoms with van der Waals surface area (Å²) in [5, 5.41) is 7.55. The second-order valence-electron chi connectivity index (χ2n) is 8.73. The average Bonchev–Trinajstić information content (AvgIpc) is 3.28. The van der Waals surface area contributed by atoms with Crippen LogP contribution in [0.25, 0.3) is 0 Å². The van der Waals surface area contributed by atoms with Crippen LogP contribution < -0.4 is 16.0 Å². The molecule has 10 nitrogen and oxygen atoms in total. The average molecular weight is 510 g/mol. The highest BCUT2D eigenvalue weighted by atomic mass is 35.5. The van der Waals surface area contributed by atoms with Gasteiger partial charge in [-0.2, -0.15) is 5.10 Å². The molecule has 4 rings (SSSR count). The molecule has 3 aromatic rings. The Hall–Kier alpha value is -3.92. The number of rotatable bonds is 7. The highest BCUT2D eigenvalue weighted by Crippen LogP contribution is 2.33. The molecule has 188 valence electrons. The molecular weight excluding hydrogens is 482 g/mol. The van der Waals surface area contributed by atoms with Gasteiger partial charge in [-0.15, -0.1) is 0 Å². The molecule has 1 saturated heterocycles. The van der Waals surface area contributed by atoms with Gasteiger partial charge < -0.3 is 11.1 Å². The number of carbonyl (C=O) groups excluding carboxylic acids is 3. The minimum absolute atomic E-state index is 0.246. The zero-order valence-electron chi connectivity index (χ0n) is 20.3. The zero-order chi connectivity index (χ0) is 26.0. The van der Waals surface area contributed by atoms with Crippen molar-refractivity contribution in [1.29, 1.82) is 0 Å². The van der Waals surface area contributed by atoms with Crippen molar-refractivity contribution in [2.24, 2.45) is 13.0 Å². The van der Waals surface area contributed by atoms with E-state index in [1.54, 1.807) is 67.6 Å². The lowest BCUT2D eigenvalue weighted by Gasteiger charge is -2.46. The second kappa shape index (κ2) is 10.4. The van der Waals surface area contributed by atoms with Crippen LogP contribution in [0.1, 0.15) is 30.5 Å². The van der Waals surface area contributed by atoms with Gasteiger partial charge in [0, 0.05) is 31.4 Å². The van der Waals surface area contributed by atoms with Gasteiger partial charge in [-0.25, -0.2) is 9.78 Å². The molecule has 1 unspecified atom stereocenters. The lowest BCUT2D eigenvalue weighted by molar-refractivity contribution is -0.156. The third kappa shape index (κ3) is 4.90. The molecule has 0 radical (unpaired) electrons. The SMILES string of the molecule is CCC(NC(=O)N1C(=O)[C@H](Cc2ccnc(N)c2)[C@H]1C(=O)N(C)c1ccnn1C)c1cccc(Cl)c1. The Morgan fingerprint density at radius 1 is 1.22 bits per heavy atom. The first kappa shape index (κ1) is 25.2. The van der Waals surface area contributed by atoms with Gasteiger partial charge in [0.1, 0.15) is 17.7 Å². The number of imide groups is 1. The molecule has 4 amide bonds. The van der Waals surface area contributed by atoms with Crippen molar-refractivity contribution >= 4 is 41.1 Å². The molecule has 1 aromatic carbocycles. The number of nitrogens with two attached hydrogens (primary N) is 1. The number of hydrogen-bond donors (Lipinski definition) is 2. The van der Waals surface area contributed by atoms with Crippen molar-refractivity contribution in [3.63, 3.8) is 0 Å². The molecule has 1 aliphatic rings. The van der Waals surface area contributed by atoms with Crippen LogP contribution in [0.4, 0.5) is 16.4 Å². The number of carbonyl (C=O) groups is 3. The van der Waals surface area contributed by atoms with Gasteiger partial charge in [0.25, 0.3) is 5.91 Å². The van der Waals surface area contributed by atoms with Crippen LogP contribution in [-0.4, -0.2) is 50.6 Å². The molecule has 0 saturated carbocycles. The highest BCUT2D eigenvalue weighted by Gasteiger charge is 2.55. The van der Waals surface area contributed by atoms with Gasteiger partial charge in [0.05, 0.1) is 18.2 Å². The normalized spacial score (nSPS) is 17.9. The number of β-lactam (4-membered cyclic amide) rings is 1. The predicted octanol–water partition coefficient (Wildman–Crippen LogP) is 2.94. The molecule has 0 spiro atoms. The molecule has 3 N–H and O–H groups in total. The third-order valence-electron chi connectivity index (χ3n) is 6.41. The molecule has 11 heteroatoms. The fraction of sp³-hybridized carbons (Fsp3) is 0.320. The number of pyridine rings is 1. The number of aryl methyl sites for hydroxylation is 1. The number of anilines is 2. The van der Waals surface area contributed by atoms with Crippen LogP contribution in [0.5, 0.6) is 0 Å². The minimum Gasteiger partial charge on any atom is -0.384 e. The Balaban J connectivity index is 1.61. The lowest BCUT2D eigenvalue weighted by Crippen LogP contribution is -2.70.